The van der Waals surface area contributed by atoms with Crippen LogP contribution in [0.5, 0.6) is 0 Å². The van der Waals surface area contributed by atoms with Crippen LogP contribution in [-0.4, -0.2) is 34.5 Å². The molecule has 1 aliphatic rings. The fraction of sp³-hybridized carbons (Fsp3) is 1.00. The van der Waals surface area contributed by atoms with Crippen molar-refractivity contribution in [1.82, 2.24) is 5.32 Å². The maximum atomic E-state index is 11.8. The van der Waals surface area contributed by atoms with E-state index in [4.69, 9.17) is 0 Å². The van der Waals surface area contributed by atoms with Crippen molar-refractivity contribution in [3.8, 4) is 0 Å². The summed E-state index contributed by atoms with van der Waals surface area (Å²) >= 11 is 0. The maximum absolute atomic E-state index is 11.8. The Labute approximate surface area is 83.7 Å². The van der Waals surface area contributed by atoms with Gasteiger partial charge in [0.05, 0.1) is 6.42 Å². The zero-order chi connectivity index (χ0) is 10.6. The largest absolute Gasteiger partial charge is 0.390 e. The van der Waals surface area contributed by atoms with Crippen molar-refractivity contribution in [2.24, 2.45) is 0 Å². The lowest BCUT2D eigenvalue weighted by atomic mass is 10.1. The minimum absolute atomic E-state index is 0.0270. The summed E-state index contributed by atoms with van der Waals surface area (Å²) in [6.07, 6.45) is -3.41. The number of hydrogen-bond donors (Lipinski definition) is 1. The molecular weight excluding hydrogens is 215 g/mol. The number of nitrogens with one attached hydrogen (secondary N) is 1. The van der Waals surface area contributed by atoms with E-state index in [0.717, 1.165) is 12.8 Å². The second-order valence-corrected chi connectivity index (χ2v) is 5.14. The number of rotatable bonds is 3. The van der Waals surface area contributed by atoms with Gasteiger partial charge in [0, 0.05) is 34.9 Å². The average molecular weight is 229 g/mol. The van der Waals surface area contributed by atoms with Gasteiger partial charge >= 0.3 is 6.18 Å². The van der Waals surface area contributed by atoms with Crippen LogP contribution in [0.15, 0.2) is 0 Å². The monoisotopic (exact) mass is 229 g/mol. The van der Waals surface area contributed by atoms with Crippen LogP contribution in [0.4, 0.5) is 13.2 Å². The smallest absolute Gasteiger partial charge is 0.314 e. The van der Waals surface area contributed by atoms with E-state index in [1.165, 1.54) is 0 Å². The van der Waals surface area contributed by atoms with Crippen LogP contribution < -0.4 is 5.32 Å². The first-order chi connectivity index (χ1) is 6.47. The van der Waals surface area contributed by atoms with E-state index in [9.17, 15) is 17.4 Å². The second-order valence-electron chi connectivity index (χ2n) is 3.44. The average Bonchev–Trinajstić information content (AvgIpc) is 2.06. The maximum Gasteiger partial charge on any atom is 0.390 e. The van der Waals surface area contributed by atoms with Crippen LogP contribution in [0, 0.1) is 0 Å². The Morgan fingerprint density at radius 1 is 1.29 bits per heavy atom. The van der Waals surface area contributed by atoms with Gasteiger partial charge in [-0.3, -0.25) is 4.21 Å². The predicted octanol–water partition coefficient (Wildman–Crippen LogP) is 1.44. The van der Waals surface area contributed by atoms with Gasteiger partial charge in [-0.15, -0.1) is 0 Å². The molecule has 1 aliphatic heterocycles. The van der Waals surface area contributed by atoms with Crippen molar-refractivity contribution in [2.75, 3.05) is 18.1 Å². The molecule has 1 rings (SSSR count). The van der Waals surface area contributed by atoms with Gasteiger partial charge in [-0.05, 0) is 12.8 Å². The summed E-state index contributed by atoms with van der Waals surface area (Å²) in [4.78, 5) is 0. The minimum Gasteiger partial charge on any atom is -0.314 e. The van der Waals surface area contributed by atoms with Gasteiger partial charge in [0.25, 0.3) is 0 Å². The summed E-state index contributed by atoms with van der Waals surface area (Å²) in [5.41, 5.74) is 0. The Kier molecular flexibility index (Phi) is 4.37. The van der Waals surface area contributed by atoms with Crippen LogP contribution in [0.1, 0.15) is 19.3 Å². The fourth-order valence-electron chi connectivity index (χ4n) is 1.42. The number of hydrogen-bond acceptors (Lipinski definition) is 2. The zero-order valence-electron chi connectivity index (χ0n) is 7.77. The molecule has 0 atom stereocenters. The highest BCUT2D eigenvalue weighted by Gasteiger charge is 2.27. The van der Waals surface area contributed by atoms with Crippen molar-refractivity contribution < 1.29 is 17.4 Å². The molecule has 84 valence electrons. The molecule has 0 amide bonds. The lowest BCUT2D eigenvalue weighted by Gasteiger charge is -2.22. The van der Waals surface area contributed by atoms with Crippen LogP contribution in [0.2, 0.25) is 0 Å². The topological polar surface area (TPSA) is 29.1 Å². The predicted molar refractivity (Wildman–Crippen MR) is 49.6 cm³/mol. The molecule has 0 saturated carbocycles. The molecule has 0 aromatic heterocycles. The fourth-order valence-corrected chi connectivity index (χ4v) is 2.71. The van der Waals surface area contributed by atoms with Gasteiger partial charge in [0.1, 0.15) is 0 Å². The van der Waals surface area contributed by atoms with Gasteiger partial charge in [-0.2, -0.15) is 13.2 Å². The summed E-state index contributed by atoms with van der Waals surface area (Å²) in [6.45, 7) is -0.0270. The van der Waals surface area contributed by atoms with Crippen LogP contribution in [0.3, 0.4) is 0 Å². The molecule has 1 saturated heterocycles. The van der Waals surface area contributed by atoms with Gasteiger partial charge < -0.3 is 5.32 Å². The van der Waals surface area contributed by atoms with E-state index in [1.807, 2.05) is 0 Å². The number of alkyl halides is 3. The van der Waals surface area contributed by atoms with Crippen molar-refractivity contribution in [3.05, 3.63) is 0 Å². The summed E-state index contributed by atoms with van der Waals surface area (Å²) in [5.74, 6) is 1.23. The van der Waals surface area contributed by atoms with Crippen LogP contribution in [0.25, 0.3) is 0 Å². The molecule has 0 aromatic carbocycles. The van der Waals surface area contributed by atoms with Crippen molar-refractivity contribution >= 4 is 10.8 Å². The van der Waals surface area contributed by atoms with Crippen molar-refractivity contribution in [3.63, 3.8) is 0 Å². The van der Waals surface area contributed by atoms with E-state index in [2.05, 4.69) is 5.32 Å². The Bertz CT molecular complexity index is 197. The quantitative estimate of drug-likeness (QED) is 0.793. The normalized spacial score (nSPS) is 29.1. The first-order valence-electron chi connectivity index (χ1n) is 4.62. The van der Waals surface area contributed by atoms with Gasteiger partial charge in [-0.1, -0.05) is 0 Å². The standard InChI is InChI=1S/C8H14F3NOS/c9-8(10,11)3-4-12-7-1-5-14(13)6-2-7/h7,12H,1-6H2. The van der Waals surface area contributed by atoms with Gasteiger partial charge in [0.2, 0.25) is 0 Å². The minimum atomic E-state index is -4.08. The SMILES string of the molecule is O=S1CCC(NCCC(F)(F)F)CC1. The number of halogens is 3. The van der Waals surface area contributed by atoms with Crippen molar-refractivity contribution in [1.29, 1.82) is 0 Å². The molecule has 0 bridgehead atoms. The van der Waals surface area contributed by atoms with Crippen LogP contribution >= 0.6 is 0 Å². The Morgan fingerprint density at radius 3 is 2.36 bits per heavy atom. The lowest BCUT2D eigenvalue weighted by molar-refractivity contribution is -0.133. The molecule has 2 nitrogen and oxygen atoms in total. The highest BCUT2D eigenvalue weighted by molar-refractivity contribution is 7.85. The Balaban J connectivity index is 2.10. The summed E-state index contributed by atoms with van der Waals surface area (Å²) < 4.78 is 46.3. The molecule has 0 aliphatic carbocycles. The molecule has 0 radical (unpaired) electrons. The molecule has 1 heterocycles. The second kappa shape index (κ2) is 5.11. The van der Waals surface area contributed by atoms with Gasteiger partial charge in [-0.25, -0.2) is 0 Å². The highest BCUT2D eigenvalue weighted by atomic mass is 32.2. The molecular formula is C8H14F3NOS. The summed E-state index contributed by atoms with van der Waals surface area (Å²) in [5, 5.41) is 2.84. The first kappa shape index (κ1) is 12.0. The third kappa shape index (κ3) is 4.95. The lowest BCUT2D eigenvalue weighted by Crippen LogP contribution is -2.37. The van der Waals surface area contributed by atoms with E-state index >= 15 is 0 Å². The summed E-state index contributed by atoms with van der Waals surface area (Å²) in [7, 11) is -0.746. The molecule has 0 aromatic rings. The molecule has 6 heteroatoms. The van der Waals surface area contributed by atoms with E-state index in [-0.39, 0.29) is 12.6 Å². The molecule has 1 N–H and O–H groups in total. The van der Waals surface area contributed by atoms with E-state index in [1.54, 1.807) is 0 Å². The van der Waals surface area contributed by atoms with Crippen LogP contribution in [-0.2, 0) is 10.8 Å². The summed E-state index contributed by atoms with van der Waals surface area (Å²) in [6, 6.07) is 0.120. The Morgan fingerprint density at radius 2 is 1.86 bits per heavy atom. The molecule has 0 spiro atoms. The van der Waals surface area contributed by atoms with E-state index < -0.39 is 23.4 Å². The Hall–Kier alpha value is -0.100. The van der Waals surface area contributed by atoms with Crippen molar-refractivity contribution in [2.45, 2.75) is 31.5 Å². The third-order valence-electron chi connectivity index (χ3n) is 2.23. The van der Waals surface area contributed by atoms with Gasteiger partial charge in [0.15, 0.2) is 0 Å². The zero-order valence-corrected chi connectivity index (χ0v) is 8.59. The highest BCUT2D eigenvalue weighted by Crippen LogP contribution is 2.18. The van der Waals surface area contributed by atoms with E-state index in [0.29, 0.717) is 11.5 Å². The first-order valence-corrected chi connectivity index (χ1v) is 6.11. The third-order valence-corrected chi connectivity index (χ3v) is 3.61. The molecule has 0 unspecified atom stereocenters. The molecule has 14 heavy (non-hydrogen) atoms. The molecule has 1 fully saturated rings.